The molecule has 0 unspecified atom stereocenters. The largest absolute Gasteiger partial charge is 0.376 e. The Kier molecular flexibility index (Phi) is 4.71. The van der Waals surface area contributed by atoms with Gasteiger partial charge in [-0.1, -0.05) is 36.4 Å². The highest BCUT2D eigenvalue weighted by Gasteiger charge is 2.30. The molecule has 1 atom stereocenters. The quantitative estimate of drug-likeness (QED) is 0.906. The minimum atomic E-state index is 0.0983. The highest BCUT2D eigenvalue weighted by atomic mass is 16.5. The highest BCUT2D eigenvalue weighted by molar-refractivity contribution is 6.01. The summed E-state index contributed by atoms with van der Waals surface area (Å²) in [5.74, 6) is 0.304. The van der Waals surface area contributed by atoms with Gasteiger partial charge in [-0.05, 0) is 36.1 Å². The standard InChI is InChI=1S/C13H15NO2.C8H7NO/c15-13-8-10-4-1-2-6-12(10)14(13)9-11-5-3-7-16-11;10-8-5-6-3-1-2-4-7(6)9-8/h1-2,4,6,11H,3,5,7-9H2;1-4H,5H2,(H,9,10)/t11-;/m1./s1. The molecule has 5 rings (SSSR count). The molecule has 0 spiro atoms. The maximum absolute atomic E-state index is 11.9. The SMILES string of the molecule is O=C1Cc2ccccc2N1.O=C1Cc2ccccc2N1C[C@H]1CCCO1. The Hall–Kier alpha value is -2.66. The third-order valence-corrected chi connectivity index (χ3v) is 4.98. The molecule has 26 heavy (non-hydrogen) atoms. The van der Waals surface area contributed by atoms with Gasteiger partial charge >= 0.3 is 0 Å². The molecule has 0 aliphatic carbocycles. The number of fused-ring (bicyclic) bond motifs is 2. The second kappa shape index (κ2) is 7.30. The summed E-state index contributed by atoms with van der Waals surface area (Å²) in [7, 11) is 0. The number of nitrogens with one attached hydrogen (secondary N) is 1. The third-order valence-electron chi connectivity index (χ3n) is 4.98. The number of nitrogens with zero attached hydrogens (tertiary/aromatic N) is 1. The molecular weight excluding hydrogens is 328 g/mol. The molecule has 3 aliphatic heterocycles. The lowest BCUT2D eigenvalue weighted by Crippen LogP contribution is -2.34. The number of hydrogen-bond acceptors (Lipinski definition) is 3. The van der Waals surface area contributed by atoms with Crippen LogP contribution in [0.15, 0.2) is 48.5 Å². The molecule has 2 aromatic rings. The van der Waals surface area contributed by atoms with Crippen LogP contribution in [0, 0.1) is 0 Å². The molecule has 134 valence electrons. The van der Waals surface area contributed by atoms with Crippen molar-refractivity contribution in [2.45, 2.75) is 31.8 Å². The van der Waals surface area contributed by atoms with Gasteiger partial charge in [0.2, 0.25) is 11.8 Å². The molecule has 2 amide bonds. The number of hydrogen-bond donors (Lipinski definition) is 1. The smallest absolute Gasteiger partial charge is 0.231 e. The van der Waals surface area contributed by atoms with Gasteiger partial charge in [-0.2, -0.15) is 0 Å². The monoisotopic (exact) mass is 350 g/mol. The summed E-state index contributed by atoms with van der Waals surface area (Å²) >= 11 is 0. The van der Waals surface area contributed by atoms with Crippen molar-refractivity contribution in [3.8, 4) is 0 Å². The van der Waals surface area contributed by atoms with Gasteiger partial charge in [-0.25, -0.2) is 0 Å². The van der Waals surface area contributed by atoms with Crippen LogP contribution in [-0.2, 0) is 27.2 Å². The van der Waals surface area contributed by atoms with Crippen LogP contribution in [0.1, 0.15) is 24.0 Å². The lowest BCUT2D eigenvalue weighted by Gasteiger charge is -2.21. The Balaban J connectivity index is 0.000000144. The van der Waals surface area contributed by atoms with Crippen LogP contribution in [0.3, 0.4) is 0 Å². The Morgan fingerprint density at radius 3 is 2.54 bits per heavy atom. The van der Waals surface area contributed by atoms with Crippen molar-refractivity contribution in [3.63, 3.8) is 0 Å². The average molecular weight is 350 g/mol. The average Bonchev–Trinajstić information content (AvgIpc) is 3.35. The normalized spacial score (nSPS) is 20.3. The number of carbonyl (C=O) groups excluding carboxylic acids is 2. The first-order chi connectivity index (χ1) is 12.7. The number of ether oxygens (including phenoxy) is 1. The zero-order valence-electron chi connectivity index (χ0n) is 14.6. The lowest BCUT2D eigenvalue weighted by molar-refractivity contribution is -0.117. The van der Waals surface area contributed by atoms with E-state index in [0.29, 0.717) is 12.8 Å². The van der Waals surface area contributed by atoms with Crippen LogP contribution in [0.25, 0.3) is 0 Å². The number of para-hydroxylation sites is 2. The summed E-state index contributed by atoms with van der Waals surface area (Å²) in [6, 6.07) is 15.8. The first kappa shape index (κ1) is 16.8. The fraction of sp³-hybridized carbons (Fsp3) is 0.333. The van der Waals surface area contributed by atoms with E-state index in [1.165, 1.54) is 0 Å². The minimum absolute atomic E-state index is 0.0983. The zero-order valence-corrected chi connectivity index (χ0v) is 14.6. The van der Waals surface area contributed by atoms with Crippen LogP contribution in [0.4, 0.5) is 11.4 Å². The Bertz CT molecular complexity index is 801. The summed E-state index contributed by atoms with van der Waals surface area (Å²) < 4.78 is 5.58. The molecule has 0 saturated carbocycles. The Morgan fingerprint density at radius 2 is 1.77 bits per heavy atom. The summed E-state index contributed by atoms with van der Waals surface area (Å²) in [6.07, 6.45) is 3.51. The van der Waals surface area contributed by atoms with Gasteiger partial charge in [0, 0.05) is 18.0 Å². The van der Waals surface area contributed by atoms with Gasteiger partial charge in [0.15, 0.2) is 0 Å². The second-order valence-corrected chi connectivity index (χ2v) is 6.83. The van der Waals surface area contributed by atoms with Crippen LogP contribution >= 0.6 is 0 Å². The number of anilines is 2. The fourth-order valence-electron chi connectivity index (χ4n) is 3.67. The van der Waals surface area contributed by atoms with Crippen molar-refractivity contribution in [3.05, 3.63) is 59.7 Å². The summed E-state index contributed by atoms with van der Waals surface area (Å²) in [5.41, 5.74) is 4.29. The van der Waals surface area contributed by atoms with E-state index in [0.717, 1.165) is 48.5 Å². The molecule has 1 fully saturated rings. The van der Waals surface area contributed by atoms with Crippen LogP contribution in [-0.4, -0.2) is 31.1 Å². The molecule has 2 aromatic carbocycles. The van der Waals surface area contributed by atoms with Gasteiger partial charge in [-0.3, -0.25) is 9.59 Å². The van der Waals surface area contributed by atoms with E-state index in [4.69, 9.17) is 4.74 Å². The van der Waals surface area contributed by atoms with E-state index in [-0.39, 0.29) is 17.9 Å². The second-order valence-electron chi connectivity index (χ2n) is 6.83. The van der Waals surface area contributed by atoms with Gasteiger partial charge in [0.1, 0.15) is 0 Å². The Morgan fingerprint density at radius 1 is 1.00 bits per heavy atom. The molecule has 3 heterocycles. The van der Waals surface area contributed by atoms with Crippen LogP contribution < -0.4 is 10.2 Å². The van der Waals surface area contributed by atoms with Crippen molar-refractivity contribution in [1.29, 1.82) is 0 Å². The van der Waals surface area contributed by atoms with E-state index in [9.17, 15) is 9.59 Å². The van der Waals surface area contributed by atoms with E-state index in [2.05, 4.69) is 5.32 Å². The van der Waals surface area contributed by atoms with Crippen molar-refractivity contribution in [1.82, 2.24) is 0 Å². The van der Waals surface area contributed by atoms with Crippen molar-refractivity contribution < 1.29 is 14.3 Å². The van der Waals surface area contributed by atoms with E-state index in [1.54, 1.807) is 0 Å². The van der Waals surface area contributed by atoms with Gasteiger partial charge < -0.3 is 15.0 Å². The van der Waals surface area contributed by atoms with Crippen LogP contribution in [0.5, 0.6) is 0 Å². The van der Waals surface area contributed by atoms with Crippen molar-refractivity contribution >= 4 is 23.2 Å². The van der Waals surface area contributed by atoms with Gasteiger partial charge in [0.25, 0.3) is 0 Å². The molecule has 1 saturated heterocycles. The van der Waals surface area contributed by atoms with E-state index >= 15 is 0 Å². The predicted octanol–water partition coefficient (Wildman–Crippen LogP) is 2.94. The molecule has 5 nitrogen and oxygen atoms in total. The predicted molar refractivity (Wildman–Crippen MR) is 100 cm³/mol. The third kappa shape index (κ3) is 3.48. The molecule has 0 radical (unpaired) electrons. The lowest BCUT2D eigenvalue weighted by atomic mass is 10.2. The summed E-state index contributed by atoms with van der Waals surface area (Å²) in [5, 5.41) is 2.76. The first-order valence-electron chi connectivity index (χ1n) is 9.08. The zero-order chi connectivity index (χ0) is 17.9. The van der Waals surface area contributed by atoms with Gasteiger partial charge in [0.05, 0.1) is 25.5 Å². The maximum atomic E-state index is 11.9. The highest BCUT2D eigenvalue weighted by Crippen LogP contribution is 2.29. The van der Waals surface area contributed by atoms with Crippen LogP contribution in [0.2, 0.25) is 0 Å². The number of benzene rings is 2. The molecular formula is C21H22N2O3. The minimum Gasteiger partial charge on any atom is -0.376 e. The summed E-state index contributed by atoms with van der Waals surface area (Å²) in [6.45, 7) is 1.56. The number of rotatable bonds is 2. The number of carbonyl (C=O) groups is 2. The summed E-state index contributed by atoms with van der Waals surface area (Å²) in [4.78, 5) is 24.6. The number of amides is 2. The Labute approximate surface area is 153 Å². The first-order valence-corrected chi connectivity index (χ1v) is 9.08. The van der Waals surface area contributed by atoms with Gasteiger partial charge in [-0.15, -0.1) is 0 Å². The molecule has 5 heteroatoms. The maximum Gasteiger partial charge on any atom is 0.231 e. The topological polar surface area (TPSA) is 58.6 Å². The molecule has 0 bridgehead atoms. The van der Waals surface area contributed by atoms with E-state index in [1.807, 2.05) is 53.4 Å². The molecule has 1 N–H and O–H groups in total. The fourth-order valence-corrected chi connectivity index (χ4v) is 3.67. The van der Waals surface area contributed by atoms with Crippen molar-refractivity contribution in [2.75, 3.05) is 23.4 Å². The van der Waals surface area contributed by atoms with Crippen molar-refractivity contribution in [2.24, 2.45) is 0 Å². The molecule has 0 aromatic heterocycles. The van der Waals surface area contributed by atoms with E-state index < -0.39 is 0 Å². The molecule has 3 aliphatic rings.